The molecule has 0 atom stereocenters. The van der Waals surface area contributed by atoms with Crippen LogP contribution in [0.25, 0.3) is 11.0 Å². The van der Waals surface area contributed by atoms with Crippen LogP contribution < -0.4 is 5.32 Å². The molecular weight excluding hydrogens is 441 g/mol. The first-order chi connectivity index (χ1) is 10.1. The molecule has 0 spiro atoms. The Labute approximate surface area is 146 Å². The smallest absolute Gasteiger partial charge is 0.256 e. The fourth-order valence-electron chi connectivity index (χ4n) is 1.80. The van der Waals surface area contributed by atoms with Crippen molar-refractivity contribution in [3.05, 3.63) is 49.9 Å². The van der Waals surface area contributed by atoms with Gasteiger partial charge in [0, 0.05) is 8.95 Å². The van der Waals surface area contributed by atoms with E-state index in [4.69, 9.17) is 11.6 Å². The van der Waals surface area contributed by atoms with Crippen LogP contribution in [-0.4, -0.2) is 14.7 Å². The second-order valence-corrected chi connectivity index (χ2v) is 6.84. The first-order valence-corrected chi connectivity index (χ1v) is 8.43. The second kappa shape index (κ2) is 6.00. The summed E-state index contributed by atoms with van der Waals surface area (Å²) < 4.78 is 9.83. The minimum absolute atomic E-state index is 0.273. The minimum atomic E-state index is -0.273. The lowest BCUT2D eigenvalue weighted by molar-refractivity contribution is 0.102. The molecule has 1 aromatic heterocycles. The lowest BCUT2D eigenvalue weighted by Gasteiger charge is -2.09. The molecule has 0 unspecified atom stereocenters. The molecule has 0 saturated heterocycles. The van der Waals surface area contributed by atoms with Crippen LogP contribution in [0.5, 0.6) is 0 Å². The molecule has 0 bridgehead atoms. The maximum Gasteiger partial charge on any atom is 0.256 e. The van der Waals surface area contributed by atoms with E-state index < -0.39 is 0 Å². The highest BCUT2D eigenvalue weighted by Crippen LogP contribution is 2.31. The summed E-state index contributed by atoms with van der Waals surface area (Å²) in [5, 5.41) is 3.23. The number of hydrogen-bond donors (Lipinski definition) is 1. The predicted octanol–water partition coefficient (Wildman–Crippen LogP) is 5.12. The molecular formula is C13H6Br2ClN3OS. The first kappa shape index (κ1) is 14.9. The highest BCUT2D eigenvalue weighted by atomic mass is 79.9. The molecule has 2 aromatic carbocycles. The molecule has 1 N–H and O–H groups in total. The molecule has 1 amide bonds. The van der Waals surface area contributed by atoms with Crippen LogP contribution in [0.3, 0.4) is 0 Å². The number of benzene rings is 2. The highest BCUT2D eigenvalue weighted by molar-refractivity contribution is 9.11. The van der Waals surface area contributed by atoms with Gasteiger partial charge in [-0.1, -0.05) is 27.5 Å². The zero-order valence-corrected chi connectivity index (χ0v) is 15.0. The van der Waals surface area contributed by atoms with Crippen molar-refractivity contribution < 1.29 is 4.79 Å². The van der Waals surface area contributed by atoms with Crippen LogP contribution >= 0.6 is 55.2 Å². The van der Waals surface area contributed by atoms with E-state index in [0.29, 0.717) is 31.8 Å². The SMILES string of the molecule is O=C(Nc1c(Cl)ccc2nsnc12)c1cc(Br)ccc1Br. The second-order valence-electron chi connectivity index (χ2n) is 4.13. The fraction of sp³-hybridized carbons (Fsp3) is 0. The van der Waals surface area contributed by atoms with Crippen molar-refractivity contribution in [3.63, 3.8) is 0 Å². The number of rotatable bonds is 2. The minimum Gasteiger partial charge on any atom is -0.319 e. The van der Waals surface area contributed by atoms with Crippen molar-refractivity contribution in [1.82, 2.24) is 8.75 Å². The van der Waals surface area contributed by atoms with Gasteiger partial charge < -0.3 is 5.32 Å². The van der Waals surface area contributed by atoms with Gasteiger partial charge >= 0.3 is 0 Å². The molecule has 8 heteroatoms. The number of amides is 1. The van der Waals surface area contributed by atoms with E-state index in [1.807, 2.05) is 6.07 Å². The van der Waals surface area contributed by atoms with Crippen LogP contribution in [-0.2, 0) is 0 Å². The van der Waals surface area contributed by atoms with Gasteiger partial charge in [-0.05, 0) is 46.3 Å². The number of aromatic nitrogens is 2. The van der Waals surface area contributed by atoms with Gasteiger partial charge in [0.25, 0.3) is 5.91 Å². The summed E-state index contributed by atoms with van der Waals surface area (Å²) >= 11 is 14.0. The van der Waals surface area contributed by atoms with Gasteiger partial charge in [-0.25, -0.2) is 0 Å². The van der Waals surface area contributed by atoms with Crippen LogP contribution in [0.1, 0.15) is 10.4 Å². The normalized spacial score (nSPS) is 10.8. The van der Waals surface area contributed by atoms with E-state index in [2.05, 4.69) is 45.9 Å². The summed E-state index contributed by atoms with van der Waals surface area (Å²) in [4.78, 5) is 12.4. The van der Waals surface area contributed by atoms with Crippen LogP contribution in [0.15, 0.2) is 39.3 Å². The Bertz CT molecular complexity index is 853. The number of anilines is 1. The van der Waals surface area contributed by atoms with Crippen molar-refractivity contribution in [2.45, 2.75) is 0 Å². The molecule has 0 aliphatic carbocycles. The molecule has 1 heterocycles. The molecule has 0 aliphatic heterocycles. The average molecular weight is 448 g/mol. The summed E-state index contributed by atoms with van der Waals surface area (Å²) in [6.45, 7) is 0. The first-order valence-electron chi connectivity index (χ1n) is 5.73. The zero-order chi connectivity index (χ0) is 15.0. The number of nitrogens with one attached hydrogen (secondary N) is 1. The van der Waals surface area contributed by atoms with Crippen LogP contribution in [0, 0.1) is 0 Å². The maximum atomic E-state index is 12.4. The van der Waals surface area contributed by atoms with E-state index in [1.165, 1.54) is 0 Å². The number of fused-ring (bicyclic) bond motifs is 1. The Morgan fingerprint density at radius 2 is 2.00 bits per heavy atom. The summed E-state index contributed by atoms with van der Waals surface area (Å²) in [7, 11) is 0. The lowest BCUT2D eigenvalue weighted by atomic mass is 10.2. The standard InChI is InChI=1S/C13H6Br2ClN3OS/c14-6-1-2-8(15)7(5-6)13(20)17-11-9(16)3-4-10-12(11)19-21-18-10/h1-5H,(H,17,20). The van der Waals surface area contributed by atoms with E-state index in [9.17, 15) is 4.79 Å². The van der Waals surface area contributed by atoms with E-state index in [1.54, 1.807) is 24.3 Å². The monoisotopic (exact) mass is 445 g/mol. The van der Waals surface area contributed by atoms with Gasteiger partial charge in [0.15, 0.2) is 0 Å². The predicted molar refractivity (Wildman–Crippen MR) is 92.2 cm³/mol. The molecule has 4 nitrogen and oxygen atoms in total. The van der Waals surface area contributed by atoms with Gasteiger partial charge in [0.1, 0.15) is 11.0 Å². The van der Waals surface area contributed by atoms with Crippen LogP contribution in [0.4, 0.5) is 5.69 Å². The topological polar surface area (TPSA) is 54.9 Å². The van der Waals surface area contributed by atoms with E-state index >= 15 is 0 Å². The largest absolute Gasteiger partial charge is 0.319 e. The zero-order valence-electron chi connectivity index (χ0n) is 10.2. The number of carbonyl (C=O) groups excluding carboxylic acids is 1. The third kappa shape index (κ3) is 2.96. The Morgan fingerprint density at radius 3 is 2.81 bits per heavy atom. The molecule has 0 aliphatic rings. The van der Waals surface area contributed by atoms with Crippen LogP contribution in [0.2, 0.25) is 5.02 Å². The van der Waals surface area contributed by atoms with Gasteiger partial charge in [-0.2, -0.15) is 8.75 Å². The summed E-state index contributed by atoms with van der Waals surface area (Å²) in [6, 6.07) is 8.83. The quantitative estimate of drug-likeness (QED) is 0.593. The number of halogens is 3. The van der Waals surface area contributed by atoms with Crippen molar-refractivity contribution in [2.24, 2.45) is 0 Å². The van der Waals surface area contributed by atoms with Gasteiger partial charge in [-0.3, -0.25) is 4.79 Å². The average Bonchev–Trinajstić information content (AvgIpc) is 2.93. The number of carbonyl (C=O) groups is 1. The number of nitrogens with zero attached hydrogens (tertiary/aromatic N) is 2. The van der Waals surface area contributed by atoms with Crippen molar-refractivity contribution >= 4 is 77.8 Å². The van der Waals surface area contributed by atoms with Crippen molar-refractivity contribution in [1.29, 1.82) is 0 Å². The van der Waals surface area contributed by atoms with Crippen molar-refractivity contribution in [3.8, 4) is 0 Å². The van der Waals surface area contributed by atoms with E-state index in [-0.39, 0.29) is 5.91 Å². The fourth-order valence-corrected chi connectivity index (χ4v) is 3.33. The third-order valence-corrected chi connectivity index (χ3v) is 4.83. The lowest BCUT2D eigenvalue weighted by Crippen LogP contribution is -2.13. The van der Waals surface area contributed by atoms with Gasteiger partial charge in [-0.15, -0.1) is 0 Å². The molecule has 21 heavy (non-hydrogen) atoms. The molecule has 0 radical (unpaired) electrons. The maximum absolute atomic E-state index is 12.4. The summed E-state index contributed by atoms with van der Waals surface area (Å²) in [5.74, 6) is -0.273. The number of hydrogen-bond acceptors (Lipinski definition) is 4. The highest BCUT2D eigenvalue weighted by Gasteiger charge is 2.16. The summed E-state index contributed by atoms with van der Waals surface area (Å²) in [6.07, 6.45) is 0. The Kier molecular flexibility index (Phi) is 4.26. The summed E-state index contributed by atoms with van der Waals surface area (Å²) in [5.41, 5.74) is 2.26. The molecule has 0 saturated carbocycles. The molecule has 3 aromatic rings. The van der Waals surface area contributed by atoms with E-state index in [0.717, 1.165) is 16.2 Å². The Balaban J connectivity index is 2.02. The molecule has 0 fully saturated rings. The Hall–Kier alpha value is -1.02. The van der Waals surface area contributed by atoms with Gasteiger partial charge in [0.05, 0.1) is 28.0 Å². The van der Waals surface area contributed by atoms with Gasteiger partial charge in [0.2, 0.25) is 0 Å². The third-order valence-electron chi connectivity index (χ3n) is 2.79. The molecule has 3 rings (SSSR count). The Morgan fingerprint density at radius 1 is 1.19 bits per heavy atom. The molecule has 106 valence electrons. The van der Waals surface area contributed by atoms with Crippen molar-refractivity contribution in [2.75, 3.05) is 5.32 Å².